The summed E-state index contributed by atoms with van der Waals surface area (Å²) < 4.78 is 0. The number of halogens is 3. The second-order valence-electron chi connectivity index (χ2n) is 4.21. The molecule has 0 heterocycles. The van der Waals surface area contributed by atoms with Crippen molar-refractivity contribution in [3.8, 4) is 11.1 Å². The van der Waals surface area contributed by atoms with Gasteiger partial charge in [-0.15, -0.1) is 0 Å². The number of rotatable bonds is 4. The molecule has 0 amide bonds. The highest BCUT2D eigenvalue weighted by molar-refractivity contribution is 6.42. The molecule has 0 bridgehead atoms. The molecule has 2 rings (SSSR count). The van der Waals surface area contributed by atoms with E-state index in [9.17, 15) is 0 Å². The van der Waals surface area contributed by atoms with Crippen LogP contribution in [0.1, 0.15) is 12.5 Å². The van der Waals surface area contributed by atoms with Crippen LogP contribution in [0.15, 0.2) is 36.4 Å². The van der Waals surface area contributed by atoms with Crippen molar-refractivity contribution < 1.29 is 0 Å². The van der Waals surface area contributed by atoms with Crippen molar-refractivity contribution in [2.24, 2.45) is 0 Å². The van der Waals surface area contributed by atoms with Crippen molar-refractivity contribution in [1.29, 1.82) is 0 Å². The van der Waals surface area contributed by atoms with Crippen molar-refractivity contribution in [2.75, 3.05) is 6.54 Å². The van der Waals surface area contributed by atoms with Gasteiger partial charge in [0.05, 0.1) is 10.0 Å². The van der Waals surface area contributed by atoms with E-state index in [2.05, 4.69) is 12.2 Å². The zero-order chi connectivity index (χ0) is 13.8. The molecule has 19 heavy (non-hydrogen) atoms. The first-order chi connectivity index (χ1) is 9.11. The van der Waals surface area contributed by atoms with Gasteiger partial charge >= 0.3 is 0 Å². The number of benzene rings is 2. The first-order valence-corrected chi connectivity index (χ1v) is 7.19. The number of nitrogens with one attached hydrogen (secondary N) is 1. The lowest BCUT2D eigenvalue weighted by atomic mass is 9.99. The molecule has 0 saturated carbocycles. The fraction of sp³-hybridized carbons (Fsp3) is 0.200. The summed E-state index contributed by atoms with van der Waals surface area (Å²) in [6.07, 6.45) is 0. The van der Waals surface area contributed by atoms with Crippen molar-refractivity contribution in [1.82, 2.24) is 5.32 Å². The lowest BCUT2D eigenvalue weighted by Crippen LogP contribution is -2.12. The molecule has 100 valence electrons. The van der Waals surface area contributed by atoms with E-state index in [1.807, 2.05) is 30.3 Å². The van der Waals surface area contributed by atoms with Crippen molar-refractivity contribution in [2.45, 2.75) is 13.5 Å². The monoisotopic (exact) mass is 313 g/mol. The van der Waals surface area contributed by atoms with Gasteiger partial charge < -0.3 is 5.32 Å². The Morgan fingerprint density at radius 1 is 0.947 bits per heavy atom. The van der Waals surface area contributed by atoms with E-state index in [0.717, 1.165) is 24.2 Å². The molecule has 0 unspecified atom stereocenters. The van der Waals surface area contributed by atoms with Gasteiger partial charge in [0.15, 0.2) is 0 Å². The van der Waals surface area contributed by atoms with Crippen LogP contribution >= 0.6 is 34.8 Å². The molecule has 0 fully saturated rings. The Morgan fingerprint density at radius 2 is 1.74 bits per heavy atom. The van der Waals surface area contributed by atoms with E-state index in [0.29, 0.717) is 15.1 Å². The smallest absolute Gasteiger partial charge is 0.0598 e. The molecular weight excluding hydrogens is 301 g/mol. The van der Waals surface area contributed by atoms with Gasteiger partial charge in [-0.25, -0.2) is 0 Å². The maximum Gasteiger partial charge on any atom is 0.0598 e. The van der Waals surface area contributed by atoms with Crippen molar-refractivity contribution in [3.63, 3.8) is 0 Å². The fourth-order valence-corrected chi connectivity index (χ4v) is 2.37. The molecule has 1 N–H and O–H groups in total. The van der Waals surface area contributed by atoms with Crippen LogP contribution in [0, 0.1) is 0 Å². The van der Waals surface area contributed by atoms with Gasteiger partial charge in [-0.3, -0.25) is 0 Å². The predicted molar refractivity (Wildman–Crippen MR) is 84.3 cm³/mol. The Balaban J connectivity index is 2.46. The van der Waals surface area contributed by atoms with E-state index < -0.39 is 0 Å². The lowest BCUT2D eigenvalue weighted by molar-refractivity contribution is 0.728. The van der Waals surface area contributed by atoms with Crippen LogP contribution < -0.4 is 5.32 Å². The van der Waals surface area contributed by atoms with Crippen LogP contribution in [0.4, 0.5) is 0 Å². The van der Waals surface area contributed by atoms with Gasteiger partial charge in [0.2, 0.25) is 0 Å². The molecular formula is C15H14Cl3N. The Morgan fingerprint density at radius 3 is 2.42 bits per heavy atom. The number of hydrogen-bond donors (Lipinski definition) is 1. The molecule has 0 aromatic heterocycles. The SMILES string of the molecule is CCNCc1ccc(Cl)cc1-c1ccc(Cl)c(Cl)c1. The lowest BCUT2D eigenvalue weighted by Gasteiger charge is -2.11. The molecule has 0 saturated heterocycles. The minimum Gasteiger partial charge on any atom is -0.313 e. The Bertz CT molecular complexity index is 582. The minimum atomic E-state index is 0.550. The average Bonchev–Trinajstić information content (AvgIpc) is 2.40. The highest BCUT2D eigenvalue weighted by Crippen LogP contribution is 2.32. The summed E-state index contributed by atoms with van der Waals surface area (Å²) in [5.74, 6) is 0. The van der Waals surface area contributed by atoms with Crippen LogP contribution in [0.2, 0.25) is 15.1 Å². The topological polar surface area (TPSA) is 12.0 Å². The maximum atomic E-state index is 6.09. The normalized spacial score (nSPS) is 10.7. The molecule has 1 nitrogen and oxygen atoms in total. The van der Waals surface area contributed by atoms with Crippen LogP contribution in [-0.4, -0.2) is 6.54 Å². The van der Waals surface area contributed by atoms with E-state index in [1.54, 1.807) is 6.07 Å². The predicted octanol–water partition coefficient (Wildman–Crippen LogP) is 5.42. The van der Waals surface area contributed by atoms with Gasteiger partial charge in [0, 0.05) is 11.6 Å². The molecule has 0 radical (unpaired) electrons. The molecule has 0 aliphatic carbocycles. The third-order valence-electron chi connectivity index (χ3n) is 2.87. The molecule has 0 atom stereocenters. The Kier molecular flexibility index (Phi) is 5.12. The average molecular weight is 315 g/mol. The van der Waals surface area contributed by atoms with Crippen LogP contribution in [0.5, 0.6) is 0 Å². The second kappa shape index (κ2) is 6.62. The maximum absolute atomic E-state index is 6.09. The standard InChI is InChI=1S/C15H14Cl3N/c1-2-19-9-11-3-5-12(16)8-13(11)10-4-6-14(17)15(18)7-10/h3-8,19H,2,9H2,1H3. The summed E-state index contributed by atoms with van der Waals surface area (Å²) in [6.45, 7) is 3.79. The van der Waals surface area contributed by atoms with Gasteiger partial charge in [-0.2, -0.15) is 0 Å². The third kappa shape index (κ3) is 3.64. The first-order valence-electron chi connectivity index (χ1n) is 6.06. The highest BCUT2D eigenvalue weighted by Gasteiger charge is 2.08. The van der Waals surface area contributed by atoms with Gasteiger partial charge in [-0.1, -0.05) is 53.9 Å². The van der Waals surface area contributed by atoms with E-state index in [4.69, 9.17) is 34.8 Å². The largest absolute Gasteiger partial charge is 0.313 e. The summed E-state index contributed by atoms with van der Waals surface area (Å²) in [5.41, 5.74) is 3.28. The highest BCUT2D eigenvalue weighted by atomic mass is 35.5. The van der Waals surface area contributed by atoms with Crippen LogP contribution in [0.25, 0.3) is 11.1 Å². The van der Waals surface area contributed by atoms with Gasteiger partial charge in [-0.05, 0) is 47.5 Å². The van der Waals surface area contributed by atoms with E-state index in [1.165, 1.54) is 5.56 Å². The molecule has 4 heteroatoms. The first kappa shape index (κ1) is 14.7. The van der Waals surface area contributed by atoms with Crippen molar-refractivity contribution >= 4 is 34.8 Å². The molecule has 2 aromatic rings. The van der Waals surface area contributed by atoms with Crippen LogP contribution in [-0.2, 0) is 6.54 Å². The Labute approximate surface area is 128 Å². The minimum absolute atomic E-state index is 0.550. The quantitative estimate of drug-likeness (QED) is 0.794. The van der Waals surface area contributed by atoms with Gasteiger partial charge in [0.1, 0.15) is 0 Å². The van der Waals surface area contributed by atoms with Crippen LogP contribution in [0.3, 0.4) is 0 Å². The number of hydrogen-bond acceptors (Lipinski definition) is 1. The van der Waals surface area contributed by atoms with Gasteiger partial charge in [0.25, 0.3) is 0 Å². The zero-order valence-corrected chi connectivity index (χ0v) is 12.8. The molecule has 0 aliphatic heterocycles. The summed E-state index contributed by atoms with van der Waals surface area (Å²) in [7, 11) is 0. The molecule has 0 spiro atoms. The molecule has 2 aromatic carbocycles. The third-order valence-corrected chi connectivity index (χ3v) is 3.84. The van der Waals surface area contributed by atoms with Crippen molar-refractivity contribution in [3.05, 3.63) is 57.0 Å². The molecule has 0 aliphatic rings. The zero-order valence-electron chi connectivity index (χ0n) is 10.5. The van der Waals surface area contributed by atoms with E-state index in [-0.39, 0.29) is 0 Å². The summed E-state index contributed by atoms with van der Waals surface area (Å²) >= 11 is 18.1. The second-order valence-corrected chi connectivity index (χ2v) is 5.46. The van der Waals surface area contributed by atoms with E-state index >= 15 is 0 Å². The fourth-order valence-electron chi connectivity index (χ4n) is 1.89. The summed E-state index contributed by atoms with van der Waals surface area (Å²) in [5, 5.41) is 5.13. The summed E-state index contributed by atoms with van der Waals surface area (Å²) in [4.78, 5) is 0. The summed E-state index contributed by atoms with van der Waals surface area (Å²) in [6, 6.07) is 11.5. The Hall–Kier alpha value is -0.730.